The lowest BCUT2D eigenvalue weighted by atomic mass is 10.2. The Morgan fingerprint density at radius 3 is 2.82 bits per heavy atom. The molecule has 0 atom stereocenters. The Balaban J connectivity index is 2.01. The van der Waals surface area contributed by atoms with Crippen LogP contribution in [0, 0.1) is 12.7 Å². The van der Waals surface area contributed by atoms with E-state index in [1.165, 1.54) is 12.1 Å². The summed E-state index contributed by atoms with van der Waals surface area (Å²) in [5.74, 6) is -1.19. The molecule has 2 aromatic carbocycles. The summed E-state index contributed by atoms with van der Waals surface area (Å²) in [5, 5.41) is 9.06. The fourth-order valence-corrected chi connectivity index (χ4v) is 2.16. The van der Waals surface area contributed by atoms with Gasteiger partial charge in [-0.2, -0.15) is 5.10 Å². The molecule has 1 amide bonds. The van der Waals surface area contributed by atoms with Crippen LogP contribution >= 0.6 is 0 Å². The number of carbonyl (C=O) groups excluding carboxylic acids is 1. The van der Waals surface area contributed by atoms with Crippen molar-refractivity contribution in [2.75, 3.05) is 5.32 Å². The molecule has 1 heterocycles. The van der Waals surface area contributed by atoms with Gasteiger partial charge in [-0.1, -0.05) is 12.1 Å². The van der Waals surface area contributed by atoms with Gasteiger partial charge < -0.3 is 5.32 Å². The molecule has 3 aromatic rings. The number of aryl methyl sites for hydroxylation is 1. The zero-order valence-electron chi connectivity index (χ0n) is 11.7. The van der Waals surface area contributed by atoms with Crippen molar-refractivity contribution in [3.63, 3.8) is 0 Å². The number of fused-ring (bicyclic) bond motifs is 1. The lowest BCUT2D eigenvalue weighted by molar-refractivity contribution is 0.102. The Labute approximate surface area is 124 Å². The van der Waals surface area contributed by atoms with Crippen LogP contribution in [-0.2, 0) is 0 Å². The van der Waals surface area contributed by atoms with Crippen LogP contribution in [0.4, 0.5) is 10.1 Å². The molecule has 22 heavy (non-hydrogen) atoms. The second kappa shape index (κ2) is 5.40. The molecule has 6 heteroatoms. The van der Waals surface area contributed by atoms with Gasteiger partial charge in [0.15, 0.2) is 5.69 Å². The summed E-state index contributed by atoms with van der Waals surface area (Å²) in [6.07, 6.45) is 0. The SMILES string of the molecule is Cc1cccc(NC(=O)c2n[nH]c3ccc(F)cc3c2=O)c1. The zero-order chi connectivity index (χ0) is 15.7. The first-order valence-corrected chi connectivity index (χ1v) is 6.60. The Morgan fingerprint density at radius 2 is 2.05 bits per heavy atom. The first kappa shape index (κ1) is 13.9. The highest BCUT2D eigenvalue weighted by molar-refractivity contribution is 6.04. The summed E-state index contributed by atoms with van der Waals surface area (Å²) in [7, 11) is 0. The molecule has 5 nitrogen and oxygen atoms in total. The standard InChI is InChI=1S/C16H12FN3O2/c1-9-3-2-4-11(7-9)18-16(22)14-15(21)12-8-10(17)5-6-13(12)19-20-14/h2-8H,1H3,(H,18,22)(H,19,21). The first-order chi connectivity index (χ1) is 10.5. The number of carbonyl (C=O) groups is 1. The summed E-state index contributed by atoms with van der Waals surface area (Å²) in [4.78, 5) is 24.5. The van der Waals surface area contributed by atoms with Gasteiger partial charge in [-0.3, -0.25) is 14.7 Å². The van der Waals surface area contributed by atoms with Gasteiger partial charge >= 0.3 is 0 Å². The highest BCUT2D eigenvalue weighted by Crippen LogP contribution is 2.12. The third-order valence-corrected chi connectivity index (χ3v) is 3.22. The summed E-state index contributed by atoms with van der Waals surface area (Å²) in [5.41, 5.74) is 0.988. The van der Waals surface area contributed by atoms with Crippen LogP contribution in [-0.4, -0.2) is 16.1 Å². The molecule has 0 spiro atoms. The largest absolute Gasteiger partial charge is 0.320 e. The van der Waals surface area contributed by atoms with Gasteiger partial charge in [0.1, 0.15) is 5.82 Å². The van der Waals surface area contributed by atoms with E-state index in [1.54, 1.807) is 18.2 Å². The van der Waals surface area contributed by atoms with Crippen molar-refractivity contribution in [1.82, 2.24) is 10.2 Å². The highest BCUT2D eigenvalue weighted by Gasteiger charge is 2.15. The summed E-state index contributed by atoms with van der Waals surface area (Å²) < 4.78 is 13.3. The Hall–Kier alpha value is -3.02. The number of halogens is 1. The van der Waals surface area contributed by atoms with Crippen LogP contribution < -0.4 is 10.7 Å². The number of hydrogen-bond donors (Lipinski definition) is 2. The third-order valence-electron chi connectivity index (χ3n) is 3.22. The zero-order valence-corrected chi connectivity index (χ0v) is 11.7. The molecule has 2 N–H and O–H groups in total. The third kappa shape index (κ3) is 2.58. The van der Waals surface area contributed by atoms with Gasteiger partial charge in [-0.15, -0.1) is 0 Å². The van der Waals surface area contributed by atoms with E-state index in [0.29, 0.717) is 11.2 Å². The van der Waals surface area contributed by atoms with Crippen molar-refractivity contribution in [1.29, 1.82) is 0 Å². The summed E-state index contributed by atoms with van der Waals surface area (Å²) >= 11 is 0. The molecule has 0 radical (unpaired) electrons. The van der Waals surface area contributed by atoms with Crippen LogP contribution in [0.25, 0.3) is 10.9 Å². The Morgan fingerprint density at radius 1 is 1.23 bits per heavy atom. The lowest BCUT2D eigenvalue weighted by Gasteiger charge is -2.06. The van der Waals surface area contributed by atoms with E-state index < -0.39 is 17.2 Å². The molecule has 110 valence electrons. The maximum absolute atomic E-state index is 13.3. The van der Waals surface area contributed by atoms with Gasteiger partial charge in [-0.25, -0.2) is 4.39 Å². The topological polar surface area (TPSA) is 74.8 Å². The maximum Gasteiger partial charge on any atom is 0.280 e. The normalized spacial score (nSPS) is 10.6. The second-order valence-corrected chi connectivity index (χ2v) is 4.91. The van der Waals surface area contributed by atoms with E-state index in [-0.39, 0.29) is 11.1 Å². The molecule has 0 fully saturated rings. The van der Waals surface area contributed by atoms with Crippen molar-refractivity contribution in [2.45, 2.75) is 6.92 Å². The number of rotatable bonds is 2. The molecule has 0 aliphatic heterocycles. The maximum atomic E-state index is 13.3. The van der Waals surface area contributed by atoms with Crippen LogP contribution in [0.1, 0.15) is 16.1 Å². The predicted molar refractivity (Wildman–Crippen MR) is 81.5 cm³/mol. The van der Waals surface area contributed by atoms with Crippen LogP contribution in [0.15, 0.2) is 47.3 Å². The van der Waals surface area contributed by atoms with E-state index in [2.05, 4.69) is 15.5 Å². The van der Waals surface area contributed by atoms with Crippen molar-refractivity contribution >= 4 is 22.5 Å². The van der Waals surface area contributed by atoms with E-state index in [9.17, 15) is 14.0 Å². The van der Waals surface area contributed by atoms with E-state index >= 15 is 0 Å². The minimum absolute atomic E-state index is 0.0874. The molecule has 0 saturated carbocycles. The number of hydrogen-bond acceptors (Lipinski definition) is 3. The number of benzene rings is 2. The molecular formula is C16H12FN3O2. The highest BCUT2D eigenvalue weighted by atomic mass is 19.1. The average molecular weight is 297 g/mol. The molecule has 0 saturated heterocycles. The smallest absolute Gasteiger partial charge is 0.280 e. The van der Waals surface area contributed by atoms with Gasteiger partial charge in [-0.05, 0) is 42.8 Å². The predicted octanol–water partition coefficient (Wildman–Crippen LogP) is 2.62. The average Bonchev–Trinajstić information content (AvgIpc) is 2.48. The second-order valence-electron chi connectivity index (χ2n) is 4.91. The van der Waals surface area contributed by atoms with Crippen molar-refractivity contribution in [2.24, 2.45) is 0 Å². The minimum atomic E-state index is -0.641. The van der Waals surface area contributed by atoms with Crippen LogP contribution in [0.2, 0.25) is 0 Å². The fourth-order valence-electron chi connectivity index (χ4n) is 2.16. The number of aromatic nitrogens is 2. The van der Waals surface area contributed by atoms with Crippen molar-refractivity contribution in [3.05, 3.63) is 69.8 Å². The molecular weight excluding hydrogens is 285 g/mol. The van der Waals surface area contributed by atoms with Crippen molar-refractivity contribution in [3.8, 4) is 0 Å². The van der Waals surface area contributed by atoms with E-state index in [0.717, 1.165) is 11.6 Å². The number of anilines is 1. The molecule has 3 rings (SSSR count). The number of aromatic amines is 1. The monoisotopic (exact) mass is 297 g/mol. The number of amides is 1. The Bertz CT molecular complexity index is 934. The molecule has 0 unspecified atom stereocenters. The quantitative estimate of drug-likeness (QED) is 0.763. The van der Waals surface area contributed by atoms with Gasteiger partial charge in [0, 0.05) is 5.69 Å². The first-order valence-electron chi connectivity index (χ1n) is 6.60. The van der Waals surface area contributed by atoms with Gasteiger partial charge in [0.2, 0.25) is 5.43 Å². The van der Waals surface area contributed by atoms with Gasteiger partial charge in [0.05, 0.1) is 10.9 Å². The van der Waals surface area contributed by atoms with E-state index in [4.69, 9.17) is 0 Å². The Kier molecular flexibility index (Phi) is 3.42. The number of H-pyrrole nitrogens is 1. The molecule has 0 aliphatic carbocycles. The number of nitrogens with one attached hydrogen (secondary N) is 2. The molecule has 1 aromatic heterocycles. The van der Waals surface area contributed by atoms with Crippen molar-refractivity contribution < 1.29 is 9.18 Å². The van der Waals surface area contributed by atoms with Crippen LogP contribution in [0.5, 0.6) is 0 Å². The fraction of sp³-hybridized carbons (Fsp3) is 0.0625. The molecule has 0 aliphatic rings. The number of nitrogens with zero attached hydrogens (tertiary/aromatic N) is 1. The summed E-state index contributed by atoms with van der Waals surface area (Å²) in [6.45, 7) is 1.89. The van der Waals surface area contributed by atoms with Crippen LogP contribution in [0.3, 0.4) is 0 Å². The van der Waals surface area contributed by atoms with Gasteiger partial charge in [0.25, 0.3) is 5.91 Å². The van der Waals surface area contributed by atoms with E-state index in [1.807, 2.05) is 13.0 Å². The molecule has 0 bridgehead atoms. The lowest BCUT2D eigenvalue weighted by Crippen LogP contribution is -2.24. The minimum Gasteiger partial charge on any atom is -0.320 e. The summed E-state index contributed by atoms with van der Waals surface area (Å²) in [6, 6.07) is 10.9.